The molecule has 0 heterocycles. The summed E-state index contributed by atoms with van der Waals surface area (Å²) < 4.78 is 0. The average molecular weight is 123 g/mol. The van der Waals surface area contributed by atoms with Crippen LogP contribution < -0.4 is 5.19 Å². The molecule has 0 amide bonds. The van der Waals surface area contributed by atoms with Crippen LogP contribution in [-0.2, 0) is 0 Å². The largest absolute Gasteiger partial charge is 0.412 e. The van der Waals surface area contributed by atoms with Crippen molar-refractivity contribution in [3.05, 3.63) is 30.3 Å². The Morgan fingerprint density at radius 1 is 1.00 bits per heavy atom. The molecule has 1 rings (SSSR count). The predicted octanol–water partition coefficient (Wildman–Crippen LogP) is -0.344. The van der Waals surface area contributed by atoms with Crippen molar-refractivity contribution in [2.75, 3.05) is 0 Å². The van der Waals surface area contributed by atoms with Gasteiger partial charge in [-0.2, -0.15) is 0 Å². The second-order valence-electron chi connectivity index (χ2n) is 1.37. The van der Waals surface area contributed by atoms with Gasteiger partial charge in [-0.05, 0) is 0 Å². The molecule has 1 aromatic rings. The molecule has 1 aromatic carbocycles. The third-order valence-electron chi connectivity index (χ3n) is 0.774. The number of hydrogen-bond acceptors (Lipinski definition) is 0. The van der Waals surface area contributed by atoms with Crippen LogP contribution in [0.4, 0.5) is 0 Å². The zero-order valence-electron chi connectivity index (χ0n) is 4.39. The Morgan fingerprint density at radius 3 is 1.75 bits per heavy atom. The maximum Gasteiger partial charge on any atom is 0.0711 e. The standard InChI is InChI=1S/C6H5Si.H2O/c7-6-4-2-1-3-5-6;/h1-5H;1H2. The summed E-state index contributed by atoms with van der Waals surface area (Å²) in [6.45, 7) is 0. The van der Waals surface area contributed by atoms with E-state index in [1.54, 1.807) is 0 Å². The average Bonchev–Trinajstić information content (AvgIpc) is 1.69. The van der Waals surface area contributed by atoms with Gasteiger partial charge in [0.05, 0.1) is 10.2 Å². The van der Waals surface area contributed by atoms with Crippen molar-refractivity contribution in [1.82, 2.24) is 0 Å². The highest BCUT2D eigenvalue weighted by atomic mass is 28.1. The highest BCUT2D eigenvalue weighted by Gasteiger charge is 1.72. The lowest BCUT2D eigenvalue weighted by Gasteiger charge is -1.82. The van der Waals surface area contributed by atoms with Crippen LogP contribution in [0, 0.1) is 0 Å². The van der Waals surface area contributed by atoms with Gasteiger partial charge in [0.15, 0.2) is 0 Å². The summed E-state index contributed by atoms with van der Waals surface area (Å²) >= 11 is 0. The minimum absolute atomic E-state index is 0. The molecule has 3 radical (unpaired) electrons. The van der Waals surface area contributed by atoms with E-state index >= 15 is 0 Å². The number of benzene rings is 1. The van der Waals surface area contributed by atoms with E-state index in [1.165, 1.54) is 0 Å². The van der Waals surface area contributed by atoms with Crippen LogP contribution in [0.25, 0.3) is 0 Å². The maximum atomic E-state index is 3.36. The second-order valence-corrected chi connectivity index (χ2v) is 1.94. The molecule has 0 unspecified atom stereocenters. The Morgan fingerprint density at radius 2 is 1.50 bits per heavy atom. The van der Waals surface area contributed by atoms with Gasteiger partial charge in [0.25, 0.3) is 0 Å². The number of hydrogen-bond donors (Lipinski definition) is 0. The molecule has 2 N–H and O–H groups in total. The Bertz CT molecular complexity index is 138. The van der Waals surface area contributed by atoms with Crippen LogP contribution in [0.2, 0.25) is 0 Å². The van der Waals surface area contributed by atoms with E-state index in [0.717, 1.165) is 5.19 Å². The fourth-order valence-electron chi connectivity index (χ4n) is 0.438. The molecule has 0 aromatic heterocycles. The zero-order valence-corrected chi connectivity index (χ0v) is 5.39. The van der Waals surface area contributed by atoms with E-state index in [-0.39, 0.29) is 5.48 Å². The molecule has 0 fully saturated rings. The Labute approximate surface area is 52.1 Å². The van der Waals surface area contributed by atoms with Crippen LogP contribution in [-0.4, -0.2) is 15.7 Å². The van der Waals surface area contributed by atoms with Crippen molar-refractivity contribution >= 4 is 15.4 Å². The Kier molecular flexibility index (Phi) is 3.15. The lowest BCUT2D eigenvalue weighted by molar-refractivity contribution is 0.824. The summed E-state index contributed by atoms with van der Waals surface area (Å²) in [5.74, 6) is 0. The molecular formula is C6H7OSi. The molecule has 0 aliphatic rings. The van der Waals surface area contributed by atoms with Gasteiger partial charge in [-0.1, -0.05) is 35.5 Å². The molecule has 0 aliphatic carbocycles. The van der Waals surface area contributed by atoms with Crippen molar-refractivity contribution < 1.29 is 5.48 Å². The van der Waals surface area contributed by atoms with Crippen molar-refractivity contribution in [2.45, 2.75) is 0 Å². The monoisotopic (exact) mass is 123 g/mol. The van der Waals surface area contributed by atoms with Crippen LogP contribution in [0.3, 0.4) is 0 Å². The third-order valence-corrected chi connectivity index (χ3v) is 1.11. The van der Waals surface area contributed by atoms with E-state index in [0.29, 0.717) is 0 Å². The molecule has 0 aliphatic heterocycles. The molecule has 2 heteroatoms. The van der Waals surface area contributed by atoms with E-state index in [9.17, 15) is 0 Å². The number of rotatable bonds is 0. The highest BCUT2D eigenvalue weighted by molar-refractivity contribution is 6.32. The van der Waals surface area contributed by atoms with Gasteiger partial charge < -0.3 is 5.48 Å². The Hall–Kier alpha value is -0.603. The molecule has 0 bridgehead atoms. The molecule has 0 saturated carbocycles. The topological polar surface area (TPSA) is 31.5 Å². The van der Waals surface area contributed by atoms with Crippen molar-refractivity contribution in [3.63, 3.8) is 0 Å². The van der Waals surface area contributed by atoms with Crippen LogP contribution in [0.15, 0.2) is 30.3 Å². The van der Waals surface area contributed by atoms with Gasteiger partial charge in [-0.25, -0.2) is 0 Å². The molecule has 8 heavy (non-hydrogen) atoms. The van der Waals surface area contributed by atoms with Gasteiger partial charge in [-0.3, -0.25) is 0 Å². The summed E-state index contributed by atoms with van der Waals surface area (Å²) in [6, 6.07) is 9.96. The summed E-state index contributed by atoms with van der Waals surface area (Å²) in [6.07, 6.45) is 0. The van der Waals surface area contributed by atoms with Gasteiger partial charge in [0, 0.05) is 0 Å². The molecule has 0 spiro atoms. The summed E-state index contributed by atoms with van der Waals surface area (Å²) in [5, 5.41) is 1.13. The maximum absolute atomic E-state index is 3.36. The second kappa shape index (κ2) is 3.41. The molecule has 41 valence electrons. The normalized spacial score (nSPS) is 7.62. The first-order valence-corrected chi connectivity index (χ1v) is 2.66. The minimum Gasteiger partial charge on any atom is -0.412 e. The molecular weight excluding hydrogens is 116 g/mol. The van der Waals surface area contributed by atoms with Crippen LogP contribution in [0.1, 0.15) is 0 Å². The van der Waals surface area contributed by atoms with Gasteiger partial charge in [-0.15, -0.1) is 0 Å². The summed E-state index contributed by atoms with van der Waals surface area (Å²) in [4.78, 5) is 0. The van der Waals surface area contributed by atoms with E-state index in [4.69, 9.17) is 0 Å². The van der Waals surface area contributed by atoms with E-state index in [2.05, 4.69) is 10.2 Å². The molecule has 0 saturated heterocycles. The smallest absolute Gasteiger partial charge is 0.0711 e. The van der Waals surface area contributed by atoms with Crippen molar-refractivity contribution in [3.8, 4) is 0 Å². The fourth-order valence-corrected chi connectivity index (χ4v) is 0.631. The first-order chi connectivity index (χ1) is 3.39. The summed E-state index contributed by atoms with van der Waals surface area (Å²) in [7, 11) is 3.36. The lowest BCUT2D eigenvalue weighted by Crippen LogP contribution is -1.97. The SMILES string of the molecule is O.[Si]c1ccccc1. The fraction of sp³-hybridized carbons (Fsp3) is 0. The first kappa shape index (κ1) is 7.40. The zero-order chi connectivity index (χ0) is 5.11. The highest BCUT2D eigenvalue weighted by Crippen LogP contribution is 1.76. The Balaban J connectivity index is 0.000000490. The lowest BCUT2D eigenvalue weighted by atomic mass is 10.4. The van der Waals surface area contributed by atoms with Crippen LogP contribution >= 0.6 is 0 Å². The molecule has 1 nitrogen and oxygen atoms in total. The van der Waals surface area contributed by atoms with E-state index < -0.39 is 0 Å². The predicted molar refractivity (Wildman–Crippen MR) is 35.4 cm³/mol. The molecule has 0 atom stereocenters. The van der Waals surface area contributed by atoms with Gasteiger partial charge >= 0.3 is 0 Å². The third kappa shape index (κ3) is 1.91. The van der Waals surface area contributed by atoms with E-state index in [1.807, 2.05) is 30.3 Å². The van der Waals surface area contributed by atoms with Crippen LogP contribution in [0.5, 0.6) is 0 Å². The van der Waals surface area contributed by atoms with Crippen molar-refractivity contribution in [2.24, 2.45) is 0 Å². The van der Waals surface area contributed by atoms with Crippen molar-refractivity contribution in [1.29, 1.82) is 0 Å². The quantitative estimate of drug-likeness (QED) is 0.423. The minimum atomic E-state index is 0. The first-order valence-electron chi connectivity index (χ1n) is 2.16. The van der Waals surface area contributed by atoms with Gasteiger partial charge in [0.1, 0.15) is 0 Å². The summed E-state index contributed by atoms with van der Waals surface area (Å²) in [5.41, 5.74) is 0. The van der Waals surface area contributed by atoms with Gasteiger partial charge in [0.2, 0.25) is 0 Å².